The Hall–Kier alpha value is -3.26. The average molecular weight is 368 g/mol. The molecule has 0 saturated heterocycles. The molecule has 0 radical (unpaired) electrons. The molecule has 0 rings (SSSR count). The molecule has 3 unspecified atom stereocenters. The molecule has 0 saturated carbocycles. The number of carbonyl (C=O) groups excluding carboxylic acids is 6. The van der Waals surface area contributed by atoms with E-state index in [1.807, 2.05) is 0 Å². The zero-order chi connectivity index (χ0) is 19.5. The van der Waals surface area contributed by atoms with Crippen molar-refractivity contribution in [2.45, 2.75) is 25.0 Å². The highest BCUT2D eigenvalue weighted by atomic mass is 17.2. The van der Waals surface area contributed by atoms with E-state index in [0.717, 1.165) is 6.92 Å². The summed E-state index contributed by atoms with van der Waals surface area (Å²) >= 11 is 0. The summed E-state index contributed by atoms with van der Waals surface area (Å²) in [6.45, 7) is -0.143. The van der Waals surface area contributed by atoms with Gasteiger partial charge < -0.3 is 10.2 Å². The SMILES string of the molecule is CC(O)C(C(=O)OOC=O)C(O)(CC(=O)OOC=O)C(=O)OOC=O. The molecule has 25 heavy (non-hydrogen) atoms. The maximum Gasteiger partial charge on any atom is 0.388 e. The molecule has 0 amide bonds. The standard InChI is InChI=1S/C11H12O14/c1-6(15)8(9(17)24-21-4-13)11(19,10(18)25-22-5-14)2-7(16)23-20-3-12/h3-6,8,15,19H,2H2,1H3. The van der Waals surface area contributed by atoms with E-state index >= 15 is 0 Å². The zero-order valence-electron chi connectivity index (χ0n) is 12.4. The number of rotatable bonds is 12. The molecule has 0 aromatic heterocycles. The van der Waals surface area contributed by atoms with Gasteiger partial charge in [0.25, 0.3) is 0 Å². The number of hydrogen-bond donors (Lipinski definition) is 2. The van der Waals surface area contributed by atoms with Crippen LogP contribution in [0, 0.1) is 5.92 Å². The summed E-state index contributed by atoms with van der Waals surface area (Å²) in [5, 5.41) is 20.0. The lowest BCUT2D eigenvalue weighted by atomic mass is 9.81. The first-order valence-electron chi connectivity index (χ1n) is 6.07. The summed E-state index contributed by atoms with van der Waals surface area (Å²) in [7, 11) is 0. The third kappa shape index (κ3) is 6.40. The van der Waals surface area contributed by atoms with Crippen LogP contribution in [0.5, 0.6) is 0 Å². The van der Waals surface area contributed by atoms with E-state index in [9.17, 15) is 39.0 Å². The Labute approximate surface area is 137 Å². The summed E-state index contributed by atoms with van der Waals surface area (Å²) in [6, 6.07) is 0. The van der Waals surface area contributed by atoms with E-state index in [2.05, 4.69) is 29.3 Å². The first kappa shape index (κ1) is 21.7. The van der Waals surface area contributed by atoms with Gasteiger partial charge >= 0.3 is 37.3 Å². The molecule has 0 aliphatic heterocycles. The van der Waals surface area contributed by atoms with Crippen molar-refractivity contribution in [3.8, 4) is 0 Å². The highest BCUT2D eigenvalue weighted by molar-refractivity contribution is 5.91. The van der Waals surface area contributed by atoms with E-state index in [1.54, 1.807) is 0 Å². The maximum absolute atomic E-state index is 11.9. The second-order valence-corrected chi connectivity index (χ2v) is 4.13. The molecular formula is C11H12O14. The van der Waals surface area contributed by atoms with E-state index < -0.39 is 42.0 Å². The van der Waals surface area contributed by atoms with Crippen LogP contribution in [0.25, 0.3) is 0 Å². The van der Waals surface area contributed by atoms with Gasteiger partial charge in [-0.1, -0.05) is 0 Å². The van der Waals surface area contributed by atoms with Crippen LogP contribution < -0.4 is 0 Å². The smallest absolute Gasteiger partial charge is 0.388 e. The lowest BCUT2D eigenvalue weighted by molar-refractivity contribution is -0.279. The van der Waals surface area contributed by atoms with Crippen LogP contribution in [0.2, 0.25) is 0 Å². The van der Waals surface area contributed by atoms with Gasteiger partial charge in [0.2, 0.25) is 0 Å². The monoisotopic (exact) mass is 368 g/mol. The van der Waals surface area contributed by atoms with Crippen molar-refractivity contribution >= 4 is 37.3 Å². The quantitative estimate of drug-likeness (QED) is 0.200. The predicted octanol–water partition coefficient (Wildman–Crippen LogP) is -3.00. The molecule has 0 spiro atoms. The van der Waals surface area contributed by atoms with Gasteiger partial charge in [-0.15, -0.1) is 0 Å². The Morgan fingerprint density at radius 3 is 1.92 bits per heavy atom. The minimum absolute atomic E-state index is 0.316. The molecular weight excluding hydrogens is 356 g/mol. The maximum atomic E-state index is 11.9. The topological polar surface area (TPSA) is 198 Å². The molecule has 14 nitrogen and oxygen atoms in total. The summed E-state index contributed by atoms with van der Waals surface area (Å²) in [4.78, 5) is 87.6. The third-order valence-corrected chi connectivity index (χ3v) is 2.53. The Balaban J connectivity index is 5.68. The summed E-state index contributed by atoms with van der Waals surface area (Å²) in [5.41, 5.74) is -3.25. The first-order valence-corrected chi connectivity index (χ1v) is 6.07. The second kappa shape index (κ2) is 10.5. The Bertz CT molecular complexity index is 513. The van der Waals surface area contributed by atoms with Crippen molar-refractivity contribution in [1.29, 1.82) is 0 Å². The van der Waals surface area contributed by atoms with Crippen LogP contribution in [0.4, 0.5) is 0 Å². The first-order chi connectivity index (χ1) is 11.7. The highest BCUT2D eigenvalue weighted by Crippen LogP contribution is 2.29. The Kier molecular flexibility index (Phi) is 9.13. The van der Waals surface area contributed by atoms with Gasteiger partial charge in [-0.05, 0) is 6.92 Å². The molecule has 140 valence electrons. The van der Waals surface area contributed by atoms with E-state index in [1.165, 1.54) is 0 Å². The van der Waals surface area contributed by atoms with Gasteiger partial charge in [0, 0.05) is 0 Å². The van der Waals surface area contributed by atoms with Crippen LogP contribution >= 0.6 is 0 Å². The van der Waals surface area contributed by atoms with Gasteiger partial charge in [0.1, 0.15) is 5.92 Å². The number of aliphatic hydroxyl groups excluding tert-OH is 1. The number of carbonyl (C=O) groups is 6. The lowest BCUT2D eigenvalue weighted by Crippen LogP contribution is -2.56. The fraction of sp³-hybridized carbons (Fsp3) is 0.455. The van der Waals surface area contributed by atoms with E-state index in [-0.39, 0.29) is 19.4 Å². The van der Waals surface area contributed by atoms with Gasteiger partial charge in [-0.2, -0.15) is 0 Å². The fourth-order valence-electron chi connectivity index (χ4n) is 1.68. The molecule has 3 atom stereocenters. The van der Waals surface area contributed by atoms with Crippen LogP contribution in [-0.4, -0.2) is 59.2 Å². The van der Waals surface area contributed by atoms with Crippen molar-refractivity contribution in [1.82, 2.24) is 0 Å². The van der Waals surface area contributed by atoms with Crippen LogP contribution in [0.3, 0.4) is 0 Å². The minimum Gasteiger partial charge on any atom is -0.392 e. The normalized spacial score (nSPS) is 14.5. The Morgan fingerprint density at radius 1 is 0.960 bits per heavy atom. The molecule has 0 aliphatic carbocycles. The van der Waals surface area contributed by atoms with Gasteiger partial charge in [-0.3, -0.25) is 29.0 Å². The van der Waals surface area contributed by atoms with Crippen LogP contribution in [-0.2, 0) is 58.1 Å². The summed E-state index contributed by atoms with van der Waals surface area (Å²) < 4.78 is 0. The Morgan fingerprint density at radius 2 is 1.44 bits per heavy atom. The van der Waals surface area contributed by atoms with E-state index in [0.29, 0.717) is 0 Å². The van der Waals surface area contributed by atoms with Crippen molar-refractivity contribution in [2.24, 2.45) is 5.92 Å². The van der Waals surface area contributed by atoms with Crippen LogP contribution in [0.1, 0.15) is 13.3 Å². The predicted molar refractivity (Wildman–Crippen MR) is 64.5 cm³/mol. The van der Waals surface area contributed by atoms with E-state index in [4.69, 9.17) is 0 Å². The zero-order valence-corrected chi connectivity index (χ0v) is 12.4. The molecule has 14 heteroatoms. The van der Waals surface area contributed by atoms with Gasteiger partial charge in [-0.25, -0.2) is 29.0 Å². The number of aliphatic hydroxyl groups is 2. The molecule has 0 aliphatic rings. The molecule has 0 heterocycles. The molecule has 0 aromatic carbocycles. The second-order valence-electron chi connectivity index (χ2n) is 4.13. The fourth-order valence-corrected chi connectivity index (χ4v) is 1.68. The highest BCUT2D eigenvalue weighted by Gasteiger charge is 2.56. The van der Waals surface area contributed by atoms with Crippen molar-refractivity contribution in [3.63, 3.8) is 0 Å². The van der Waals surface area contributed by atoms with Gasteiger partial charge in [0.15, 0.2) is 5.60 Å². The van der Waals surface area contributed by atoms with Crippen molar-refractivity contribution < 1.29 is 68.3 Å². The summed E-state index contributed by atoms with van der Waals surface area (Å²) in [5.74, 6) is -7.46. The molecule has 2 N–H and O–H groups in total. The van der Waals surface area contributed by atoms with Crippen molar-refractivity contribution in [3.05, 3.63) is 0 Å². The third-order valence-electron chi connectivity index (χ3n) is 2.53. The van der Waals surface area contributed by atoms with Crippen LogP contribution in [0.15, 0.2) is 0 Å². The van der Waals surface area contributed by atoms with Gasteiger partial charge in [0.05, 0.1) is 12.5 Å². The van der Waals surface area contributed by atoms with Crippen molar-refractivity contribution in [2.75, 3.05) is 0 Å². The number of hydrogen-bond acceptors (Lipinski definition) is 14. The lowest BCUT2D eigenvalue weighted by Gasteiger charge is -2.31. The molecule has 0 fully saturated rings. The summed E-state index contributed by atoms with van der Waals surface area (Å²) in [6.07, 6.45) is -3.33. The molecule has 0 aromatic rings. The average Bonchev–Trinajstić information content (AvgIpc) is 2.55. The largest absolute Gasteiger partial charge is 0.392 e. The molecule has 0 bridgehead atoms. The minimum atomic E-state index is -3.25.